The molecule has 0 aromatic heterocycles. The predicted octanol–water partition coefficient (Wildman–Crippen LogP) is 8.15. The fraction of sp³-hybridized carbons (Fsp3) is 0. The van der Waals surface area contributed by atoms with Gasteiger partial charge in [0.15, 0.2) is 0 Å². The van der Waals surface area contributed by atoms with Gasteiger partial charge in [-0.3, -0.25) is 0 Å². The van der Waals surface area contributed by atoms with Gasteiger partial charge in [-0.15, -0.1) is 59.3 Å². The first-order valence-corrected chi connectivity index (χ1v) is 27.5. The summed E-state index contributed by atoms with van der Waals surface area (Å²) >= 11 is 6.17. The smallest absolute Gasteiger partial charge is 0.0809 e. The molecule has 0 aliphatic carbocycles. The van der Waals surface area contributed by atoms with E-state index in [1.165, 1.54) is 31.9 Å². The number of benzene rings is 4. The summed E-state index contributed by atoms with van der Waals surface area (Å²) in [7, 11) is 0. The number of hydrogen-bond acceptors (Lipinski definition) is 0. The molecule has 168 valence electrons. The van der Waals surface area contributed by atoms with E-state index in [0.717, 1.165) is 0 Å². The molecular weight excluding hydrogens is 639 g/mol. The van der Waals surface area contributed by atoms with Crippen LogP contribution >= 0.6 is 24.4 Å². The van der Waals surface area contributed by atoms with Crippen molar-refractivity contribution in [3.8, 4) is 0 Å². The van der Waals surface area contributed by atoms with Gasteiger partial charge in [-0.2, -0.15) is 35.0 Å². The Balaban J connectivity index is 0.000000129. The van der Waals surface area contributed by atoms with Crippen LogP contribution in [-0.4, -0.2) is 5.43 Å². The Bertz CT molecular complexity index is 1300. The Morgan fingerprint density at radius 2 is 0.853 bits per heavy atom. The zero-order valence-electron chi connectivity index (χ0n) is 18.6. The third-order valence-corrected chi connectivity index (χ3v) is 28.7. The van der Waals surface area contributed by atoms with Crippen LogP contribution in [0.2, 0.25) is 0 Å². The van der Waals surface area contributed by atoms with Gasteiger partial charge in [0, 0.05) is 0 Å². The molecule has 6 aromatic carbocycles. The van der Waals surface area contributed by atoms with Crippen LogP contribution in [0.4, 0.5) is 0 Å². The summed E-state index contributed by atoms with van der Waals surface area (Å²) in [6.07, 6.45) is 0. The zero-order valence-corrected chi connectivity index (χ0v) is 25.2. The standard InChI is InChI=1S/C12H10Si.2C9H7.2BrH.Zr/c1-3-7-11(8-4-1)13-12-9-5-2-6-10-12;2*1-2-5-9-7-3-6-8(9)4-1;;;/h1-10H;2*1-7H;2*1H;/q;2*-1;;;+2/p-2. The molecule has 6 aromatic rings. The maximum absolute atomic E-state index is 3.87. The molecule has 0 fully saturated rings. The molecule has 0 atom stereocenters. The van der Waals surface area contributed by atoms with Crippen LogP contribution in [0, 0.1) is 0 Å². The molecule has 0 nitrogen and oxygen atoms in total. The number of halogens is 2. The van der Waals surface area contributed by atoms with Crippen molar-refractivity contribution in [2.75, 3.05) is 0 Å². The minimum absolute atomic E-state index is 0.587. The molecule has 0 saturated carbocycles. The van der Waals surface area contributed by atoms with Gasteiger partial charge in [0.25, 0.3) is 0 Å². The van der Waals surface area contributed by atoms with Gasteiger partial charge in [-0.25, -0.2) is 0 Å². The molecule has 0 unspecified atom stereocenters. The summed E-state index contributed by atoms with van der Waals surface area (Å²) in [5, 5.41) is 8.33. The van der Waals surface area contributed by atoms with Gasteiger partial charge >= 0.3 is 117 Å². The van der Waals surface area contributed by atoms with E-state index >= 15 is 0 Å². The monoisotopic (exact) mass is 660 g/mol. The van der Waals surface area contributed by atoms with Gasteiger partial charge in [0.1, 0.15) is 0 Å². The van der Waals surface area contributed by atoms with E-state index in [2.05, 4.69) is 170 Å². The third kappa shape index (κ3) is 7.09. The topological polar surface area (TPSA) is 0 Å². The predicted molar refractivity (Wildman–Crippen MR) is 155 cm³/mol. The Hall–Kier alpha value is -1.84. The molecule has 0 spiro atoms. The van der Waals surface area contributed by atoms with Gasteiger partial charge < -0.3 is 0 Å². The molecule has 0 aliphatic rings. The first kappa shape index (κ1) is 25.3. The van der Waals surface area contributed by atoms with E-state index in [9.17, 15) is 0 Å². The average Bonchev–Trinajstić information content (AvgIpc) is 3.56. The molecule has 4 heteroatoms. The van der Waals surface area contributed by atoms with Crippen molar-refractivity contribution in [3.63, 3.8) is 0 Å². The molecule has 34 heavy (non-hydrogen) atoms. The van der Waals surface area contributed by atoms with E-state index in [4.69, 9.17) is 0 Å². The van der Waals surface area contributed by atoms with Crippen molar-refractivity contribution in [1.82, 2.24) is 0 Å². The van der Waals surface area contributed by atoms with E-state index in [1.54, 1.807) is 0 Å². The van der Waals surface area contributed by atoms with Gasteiger partial charge in [-0.1, -0.05) is 12.1 Å². The van der Waals surface area contributed by atoms with Crippen molar-refractivity contribution in [3.05, 3.63) is 146 Å². The Morgan fingerprint density at radius 3 is 1.24 bits per heavy atom. The summed E-state index contributed by atoms with van der Waals surface area (Å²) < 4.78 is 0. The van der Waals surface area contributed by atoms with Crippen LogP contribution < -0.4 is 10.4 Å². The molecule has 6 rings (SSSR count). The van der Waals surface area contributed by atoms with Crippen LogP contribution in [0.15, 0.2) is 146 Å². The fourth-order valence-electron chi connectivity index (χ4n) is 3.73. The fourth-order valence-corrected chi connectivity index (χ4v) is 27.5. The minimum Gasteiger partial charge on any atom is -0.168 e. The van der Waals surface area contributed by atoms with Crippen molar-refractivity contribution >= 4 is 61.8 Å². The quantitative estimate of drug-likeness (QED) is 0.130. The van der Waals surface area contributed by atoms with Crippen molar-refractivity contribution in [2.24, 2.45) is 0 Å². The summed E-state index contributed by atoms with van der Waals surface area (Å²) in [5.74, 6) is 0. The normalized spacial score (nSPS) is 10.1. The number of fused-ring (bicyclic) bond motifs is 2. The molecule has 0 N–H and O–H groups in total. The van der Waals surface area contributed by atoms with Crippen LogP contribution in [0.3, 0.4) is 0 Å². The molecular formula is C30H24Br2SiZr-2. The van der Waals surface area contributed by atoms with Crippen LogP contribution in [0.1, 0.15) is 0 Å². The van der Waals surface area contributed by atoms with Gasteiger partial charge in [0.05, 0.1) is 0 Å². The second kappa shape index (κ2) is 13.3. The molecule has 0 aliphatic heterocycles. The Morgan fingerprint density at radius 1 is 0.471 bits per heavy atom. The van der Waals surface area contributed by atoms with Gasteiger partial charge in [0.2, 0.25) is 0 Å². The maximum Gasteiger partial charge on any atom is -0.0809 e. The molecule has 0 heterocycles. The average molecular weight is 664 g/mol. The molecule has 0 radical (unpaired) electrons. The Labute approximate surface area is 221 Å². The molecule has 0 amide bonds. The van der Waals surface area contributed by atoms with Crippen LogP contribution in [0.5, 0.6) is 0 Å². The van der Waals surface area contributed by atoms with E-state index in [0.29, 0.717) is 0 Å². The molecule has 0 bridgehead atoms. The Kier molecular flexibility index (Phi) is 9.88. The summed E-state index contributed by atoms with van der Waals surface area (Å²) in [6.45, 7) is 0. The molecule has 0 saturated heterocycles. The van der Waals surface area contributed by atoms with E-state index in [1.807, 2.05) is 0 Å². The second-order valence-corrected chi connectivity index (χ2v) is 41.8. The first-order chi connectivity index (χ1) is 16.7. The largest absolute Gasteiger partial charge is 0.168 e. The van der Waals surface area contributed by atoms with E-state index in [-0.39, 0.29) is 0 Å². The van der Waals surface area contributed by atoms with Crippen LogP contribution in [-0.2, 0) is 15.7 Å². The number of rotatable bonds is 2. The first-order valence-electron chi connectivity index (χ1n) is 11.1. The van der Waals surface area contributed by atoms with E-state index < -0.39 is 21.1 Å². The van der Waals surface area contributed by atoms with Crippen molar-refractivity contribution in [2.45, 2.75) is 0 Å². The minimum atomic E-state index is -1.58. The second-order valence-electron chi connectivity index (χ2n) is 7.68. The maximum atomic E-state index is 3.87. The zero-order chi connectivity index (χ0) is 23.6. The van der Waals surface area contributed by atoms with Crippen LogP contribution in [0.25, 0.3) is 21.5 Å². The summed E-state index contributed by atoms with van der Waals surface area (Å²) in [4.78, 5) is 0. The summed E-state index contributed by atoms with van der Waals surface area (Å²) in [5.41, 5.74) is -0.587. The van der Waals surface area contributed by atoms with Gasteiger partial charge in [-0.05, 0) is 0 Å². The summed E-state index contributed by atoms with van der Waals surface area (Å²) in [6, 6.07) is 51.1. The SMILES string of the molecule is [Br][Zr]([Br])=[Si](c1ccccc1)c1ccccc1.c1ccc2[cH-]ccc2c1.c1ccc2[cH-]ccc2c1. The van der Waals surface area contributed by atoms with Crippen molar-refractivity contribution in [1.29, 1.82) is 0 Å². The number of hydrogen-bond donors (Lipinski definition) is 0. The van der Waals surface area contributed by atoms with Crippen molar-refractivity contribution < 1.29 is 15.7 Å². The third-order valence-electron chi connectivity index (χ3n) is 5.41.